The molecule has 4 nitrogen and oxygen atoms in total. The zero-order valence-corrected chi connectivity index (χ0v) is 12.4. The molecule has 0 aromatic heterocycles. The van der Waals surface area contributed by atoms with Crippen LogP contribution in [0, 0.1) is 17.8 Å². The first-order valence-electron chi connectivity index (χ1n) is 7.01. The average molecular weight is 256 g/mol. The lowest BCUT2D eigenvalue weighted by Gasteiger charge is -2.40. The number of methoxy groups -OCH3 is 1. The summed E-state index contributed by atoms with van der Waals surface area (Å²) < 4.78 is 5.05. The van der Waals surface area contributed by atoms with Gasteiger partial charge in [-0.2, -0.15) is 0 Å². The van der Waals surface area contributed by atoms with Gasteiger partial charge in [0.05, 0.1) is 7.11 Å². The summed E-state index contributed by atoms with van der Waals surface area (Å²) in [4.78, 5) is 14.5. The van der Waals surface area contributed by atoms with E-state index < -0.39 is 0 Å². The molecule has 1 unspecified atom stereocenters. The minimum absolute atomic E-state index is 0.0794. The largest absolute Gasteiger partial charge is 0.468 e. The van der Waals surface area contributed by atoms with Gasteiger partial charge >= 0.3 is 5.97 Å². The summed E-state index contributed by atoms with van der Waals surface area (Å²) in [6, 6.07) is -0.0999. The van der Waals surface area contributed by atoms with Crippen molar-refractivity contribution in [2.75, 3.05) is 33.3 Å². The van der Waals surface area contributed by atoms with Crippen LogP contribution in [0.2, 0.25) is 0 Å². The Bertz CT molecular complexity index is 253. The molecule has 106 valence electrons. The van der Waals surface area contributed by atoms with Gasteiger partial charge in [0.1, 0.15) is 6.04 Å². The van der Waals surface area contributed by atoms with Crippen molar-refractivity contribution in [1.29, 1.82) is 0 Å². The SMILES string of the molecule is COC(=O)C(C(C(C)C)C(C)C)N1CCNCC1. The molecular weight excluding hydrogens is 228 g/mol. The standard InChI is InChI=1S/C14H28N2O2/c1-10(2)12(11(3)4)13(14(17)18-5)16-8-6-15-7-9-16/h10-13,15H,6-9H2,1-5H3. The fraction of sp³-hybridized carbons (Fsp3) is 0.929. The Hall–Kier alpha value is -0.610. The molecule has 1 N–H and O–H groups in total. The number of carbonyl (C=O) groups excluding carboxylic acids is 1. The number of nitrogens with one attached hydrogen (secondary N) is 1. The molecular formula is C14H28N2O2. The smallest absolute Gasteiger partial charge is 0.323 e. The quantitative estimate of drug-likeness (QED) is 0.754. The Morgan fingerprint density at radius 3 is 2.00 bits per heavy atom. The molecule has 0 bridgehead atoms. The highest BCUT2D eigenvalue weighted by Crippen LogP contribution is 2.28. The van der Waals surface area contributed by atoms with Crippen LogP contribution in [0.3, 0.4) is 0 Å². The van der Waals surface area contributed by atoms with Crippen LogP contribution < -0.4 is 5.32 Å². The number of rotatable bonds is 5. The van der Waals surface area contributed by atoms with Crippen molar-refractivity contribution in [3.05, 3.63) is 0 Å². The molecule has 0 aromatic rings. The maximum absolute atomic E-state index is 12.2. The summed E-state index contributed by atoms with van der Waals surface area (Å²) in [6.07, 6.45) is 0. The van der Waals surface area contributed by atoms with Crippen LogP contribution in [-0.4, -0.2) is 50.2 Å². The number of carbonyl (C=O) groups is 1. The molecule has 4 heteroatoms. The summed E-state index contributed by atoms with van der Waals surface area (Å²) in [6.45, 7) is 12.6. The second-order valence-electron chi connectivity index (χ2n) is 5.82. The van der Waals surface area contributed by atoms with Crippen LogP contribution in [-0.2, 0) is 9.53 Å². The Morgan fingerprint density at radius 2 is 1.61 bits per heavy atom. The van der Waals surface area contributed by atoms with E-state index in [0.717, 1.165) is 26.2 Å². The van der Waals surface area contributed by atoms with E-state index >= 15 is 0 Å². The molecule has 1 aliphatic heterocycles. The number of hydrogen-bond acceptors (Lipinski definition) is 4. The van der Waals surface area contributed by atoms with E-state index in [1.807, 2.05) is 0 Å². The van der Waals surface area contributed by atoms with E-state index in [9.17, 15) is 4.79 Å². The number of hydrogen-bond donors (Lipinski definition) is 1. The van der Waals surface area contributed by atoms with Gasteiger partial charge in [0, 0.05) is 26.2 Å². The molecule has 18 heavy (non-hydrogen) atoms. The molecule has 1 heterocycles. The lowest BCUT2D eigenvalue weighted by atomic mass is 9.79. The van der Waals surface area contributed by atoms with Gasteiger partial charge in [0.25, 0.3) is 0 Å². The first-order chi connectivity index (χ1) is 8.49. The van der Waals surface area contributed by atoms with Crippen molar-refractivity contribution in [1.82, 2.24) is 10.2 Å². The second kappa shape index (κ2) is 7.10. The van der Waals surface area contributed by atoms with E-state index in [0.29, 0.717) is 17.8 Å². The van der Waals surface area contributed by atoms with Gasteiger partial charge in [-0.1, -0.05) is 27.7 Å². The van der Waals surface area contributed by atoms with Crippen molar-refractivity contribution < 1.29 is 9.53 Å². The summed E-state index contributed by atoms with van der Waals surface area (Å²) in [5, 5.41) is 3.33. The maximum atomic E-state index is 12.2. The molecule has 1 aliphatic rings. The van der Waals surface area contributed by atoms with Crippen LogP contribution in [0.4, 0.5) is 0 Å². The number of nitrogens with zero attached hydrogens (tertiary/aromatic N) is 1. The van der Waals surface area contributed by atoms with Gasteiger partial charge in [-0.15, -0.1) is 0 Å². The first-order valence-corrected chi connectivity index (χ1v) is 7.01. The van der Waals surface area contributed by atoms with E-state index in [4.69, 9.17) is 4.74 Å². The predicted octanol–water partition coefficient (Wildman–Crippen LogP) is 1.36. The average Bonchev–Trinajstić information content (AvgIpc) is 2.34. The topological polar surface area (TPSA) is 41.6 Å². The molecule has 0 aromatic carbocycles. The van der Waals surface area contributed by atoms with E-state index in [-0.39, 0.29) is 12.0 Å². The lowest BCUT2D eigenvalue weighted by Crippen LogP contribution is -2.56. The third-order valence-corrected chi connectivity index (χ3v) is 3.89. The van der Waals surface area contributed by atoms with E-state index in [1.165, 1.54) is 7.11 Å². The highest BCUT2D eigenvalue weighted by molar-refractivity contribution is 5.76. The zero-order valence-electron chi connectivity index (χ0n) is 12.4. The van der Waals surface area contributed by atoms with Gasteiger partial charge < -0.3 is 10.1 Å². The monoisotopic (exact) mass is 256 g/mol. The van der Waals surface area contributed by atoms with Crippen LogP contribution in [0.15, 0.2) is 0 Å². The predicted molar refractivity (Wildman–Crippen MR) is 73.4 cm³/mol. The van der Waals surface area contributed by atoms with Gasteiger partial charge in [0.15, 0.2) is 0 Å². The van der Waals surface area contributed by atoms with Crippen molar-refractivity contribution >= 4 is 5.97 Å². The normalized spacial score (nSPS) is 19.6. The number of esters is 1. The van der Waals surface area contributed by atoms with Gasteiger partial charge in [-0.05, 0) is 17.8 Å². The van der Waals surface area contributed by atoms with Crippen molar-refractivity contribution in [2.24, 2.45) is 17.8 Å². The van der Waals surface area contributed by atoms with Crippen LogP contribution in [0.25, 0.3) is 0 Å². The van der Waals surface area contributed by atoms with E-state index in [2.05, 4.69) is 37.9 Å². The van der Waals surface area contributed by atoms with Crippen molar-refractivity contribution in [2.45, 2.75) is 33.7 Å². The number of piperazine rings is 1. The lowest BCUT2D eigenvalue weighted by molar-refractivity contribution is -0.151. The summed E-state index contributed by atoms with van der Waals surface area (Å²) >= 11 is 0. The summed E-state index contributed by atoms with van der Waals surface area (Å²) in [5.41, 5.74) is 0. The van der Waals surface area contributed by atoms with Gasteiger partial charge in [0.2, 0.25) is 0 Å². The minimum Gasteiger partial charge on any atom is -0.468 e. The molecule has 0 amide bonds. The Balaban J connectivity index is 2.90. The molecule has 1 fully saturated rings. The third-order valence-electron chi connectivity index (χ3n) is 3.89. The number of ether oxygens (including phenoxy) is 1. The molecule has 1 atom stereocenters. The van der Waals surface area contributed by atoms with Crippen LogP contribution in [0.5, 0.6) is 0 Å². The highest BCUT2D eigenvalue weighted by Gasteiger charge is 2.38. The van der Waals surface area contributed by atoms with Gasteiger partial charge in [-0.3, -0.25) is 9.69 Å². The van der Waals surface area contributed by atoms with Gasteiger partial charge in [-0.25, -0.2) is 0 Å². The van der Waals surface area contributed by atoms with Crippen molar-refractivity contribution in [3.8, 4) is 0 Å². The molecule has 1 rings (SSSR count). The third kappa shape index (κ3) is 3.69. The summed E-state index contributed by atoms with van der Waals surface area (Å²) in [7, 11) is 1.50. The molecule has 0 radical (unpaired) electrons. The summed E-state index contributed by atoms with van der Waals surface area (Å²) in [5.74, 6) is 1.22. The Labute approximate surface area is 111 Å². The maximum Gasteiger partial charge on any atom is 0.323 e. The molecule has 1 saturated heterocycles. The molecule has 0 aliphatic carbocycles. The van der Waals surface area contributed by atoms with Crippen LogP contribution in [0.1, 0.15) is 27.7 Å². The highest BCUT2D eigenvalue weighted by atomic mass is 16.5. The molecule has 0 saturated carbocycles. The fourth-order valence-corrected chi connectivity index (χ4v) is 3.13. The minimum atomic E-state index is -0.0999. The Kier molecular flexibility index (Phi) is 6.09. The zero-order chi connectivity index (χ0) is 13.7. The van der Waals surface area contributed by atoms with Crippen LogP contribution >= 0.6 is 0 Å². The van der Waals surface area contributed by atoms with E-state index in [1.54, 1.807) is 0 Å². The molecule has 0 spiro atoms. The Morgan fingerprint density at radius 1 is 1.11 bits per heavy atom. The van der Waals surface area contributed by atoms with Crippen molar-refractivity contribution in [3.63, 3.8) is 0 Å². The second-order valence-corrected chi connectivity index (χ2v) is 5.82. The first kappa shape index (κ1) is 15.4. The fourth-order valence-electron chi connectivity index (χ4n) is 3.13.